The van der Waals surface area contributed by atoms with Crippen molar-refractivity contribution in [2.24, 2.45) is 4.99 Å². The quantitative estimate of drug-likeness (QED) is 0.754. The average Bonchev–Trinajstić information content (AvgIpc) is 3.08. The van der Waals surface area contributed by atoms with Gasteiger partial charge in [-0.05, 0) is 42.8 Å². The molecule has 0 spiro atoms. The molecule has 0 bridgehead atoms. The average molecular weight is 355 g/mol. The summed E-state index contributed by atoms with van der Waals surface area (Å²) in [6.45, 7) is 3.92. The van der Waals surface area contributed by atoms with E-state index in [1.54, 1.807) is 11.9 Å². The number of aromatic nitrogens is 1. The Morgan fingerprint density at radius 2 is 2.04 bits per heavy atom. The van der Waals surface area contributed by atoms with Crippen LogP contribution in [0.3, 0.4) is 0 Å². The molecule has 0 saturated carbocycles. The minimum atomic E-state index is -0.0344. The maximum atomic E-state index is 12.4. The van der Waals surface area contributed by atoms with Crippen LogP contribution in [0.2, 0.25) is 0 Å². The van der Waals surface area contributed by atoms with Gasteiger partial charge in [-0.1, -0.05) is 36.4 Å². The summed E-state index contributed by atoms with van der Waals surface area (Å²) in [5.41, 5.74) is 3.08. The number of carbonyl (C=O) groups is 1. The van der Waals surface area contributed by atoms with Gasteiger partial charge in [-0.25, -0.2) is 4.98 Å². The van der Waals surface area contributed by atoms with Crippen molar-refractivity contribution in [3.63, 3.8) is 0 Å². The molecular weight excluding hydrogens is 338 g/mol. The van der Waals surface area contributed by atoms with Crippen LogP contribution >= 0.6 is 23.1 Å². The molecule has 1 aliphatic rings. The highest BCUT2D eigenvalue weighted by atomic mass is 32.2. The predicted octanol–water partition coefficient (Wildman–Crippen LogP) is 4.63. The molecular formula is C18H17N3OS2. The summed E-state index contributed by atoms with van der Waals surface area (Å²) < 4.78 is 0. The summed E-state index contributed by atoms with van der Waals surface area (Å²) in [6, 6.07) is 10.1. The van der Waals surface area contributed by atoms with Crippen molar-refractivity contribution in [3.05, 3.63) is 63.5 Å². The van der Waals surface area contributed by atoms with Gasteiger partial charge < -0.3 is 0 Å². The first-order valence-corrected chi connectivity index (χ1v) is 9.14. The van der Waals surface area contributed by atoms with Crippen LogP contribution in [0.5, 0.6) is 0 Å². The maximum absolute atomic E-state index is 12.4. The lowest BCUT2D eigenvalue weighted by Crippen LogP contribution is -2.23. The van der Waals surface area contributed by atoms with E-state index in [0.717, 1.165) is 16.8 Å². The lowest BCUT2D eigenvalue weighted by atomic mass is 10.1. The molecule has 122 valence electrons. The number of amidine groups is 1. The van der Waals surface area contributed by atoms with E-state index >= 15 is 0 Å². The molecule has 4 nitrogen and oxygen atoms in total. The molecule has 0 radical (unpaired) electrons. The van der Waals surface area contributed by atoms with Gasteiger partial charge in [0.15, 0.2) is 5.17 Å². The molecule has 0 aliphatic carbocycles. The Morgan fingerprint density at radius 1 is 1.29 bits per heavy atom. The molecule has 6 heteroatoms. The summed E-state index contributed by atoms with van der Waals surface area (Å²) in [4.78, 5) is 23.5. The van der Waals surface area contributed by atoms with Crippen molar-refractivity contribution >= 4 is 45.4 Å². The third kappa shape index (κ3) is 3.83. The van der Waals surface area contributed by atoms with Gasteiger partial charge in [-0.3, -0.25) is 9.69 Å². The lowest BCUT2D eigenvalue weighted by molar-refractivity contribution is -0.121. The molecule has 24 heavy (non-hydrogen) atoms. The van der Waals surface area contributed by atoms with E-state index in [0.29, 0.717) is 15.2 Å². The highest BCUT2D eigenvalue weighted by Crippen LogP contribution is 2.33. The number of benzene rings is 1. The molecule has 1 fully saturated rings. The Hall–Kier alpha value is -2.18. The molecule has 1 aliphatic heterocycles. The van der Waals surface area contributed by atoms with Crippen molar-refractivity contribution in [2.75, 3.05) is 7.05 Å². The predicted molar refractivity (Wildman–Crippen MR) is 102 cm³/mol. The number of thioether (sulfide) groups is 1. The Morgan fingerprint density at radius 3 is 2.71 bits per heavy atom. The standard InChI is InChI=1S/C18H17N3OS2/c1-12(9-14-7-5-4-6-8-14)10-15-16(22)21(3)18(24-15)20-17-19-13(2)11-23-17/h4-11H,1-3H3/b12-9+,15-10-,20-18+. The highest BCUT2D eigenvalue weighted by Gasteiger charge is 2.30. The van der Waals surface area contributed by atoms with Gasteiger partial charge in [0.25, 0.3) is 5.91 Å². The van der Waals surface area contributed by atoms with Crippen LogP contribution in [0.15, 0.2) is 57.3 Å². The third-order valence-corrected chi connectivity index (χ3v) is 5.27. The first-order chi connectivity index (χ1) is 11.5. The minimum absolute atomic E-state index is 0.0344. The minimum Gasteiger partial charge on any atom is -0.289 e. The fourth-order valence-corrected chi connectivity index (χ4v) is 3.93. The van der Waals surface area contributed by atoms with Crippen LogP contribution < -0.4 is 0 Å². The normalized spacial score (nSPS) is 18.9. The second-order valence-electron chi connectivity index (χ2n) is 5.44. The maximum Gasteiger partial charge on any atom is 0.266 e. The van der Waals surface area contributed by atoms with E-state index in [9.17, 15) is 4.79 Å². The van der Waals surface area contributed by atoms with Gasteiger partial charge >= 0.3 is 0 Å². The zero-order valence-corrected chi connectivity index (χ0v) is 15.3. The van der Waals surface area contributed by atoms with E-state index < -0.39 is 0 Å². The van der Waals surface area contributed by atoms with E-state index in [2.05, 4.69) is 16.1 Å². The number of nitrogens with zero attached hydrogens (tertiary/aromatic N) is 3. The summed E-state index contributed by atoms with van der Waals surface area (Å²) in [7, 11) is 1.74. The molecule has 0 unspecified atom stereocenters. The number of hydrogen-bond acceptors (Lipinski definition) is 5. The summed E-state index contributed by atoms with van der Waals surface area (Å²) in [5, 5.41) is 3.28. The van der Waals surface area contributed by atoms with Crippen LogP contribution in [-0.2, 0) is 4.79 Å². The second kappa shape index (κ2) is 7.15. The first kappa shape index (κ1) is 16.7. The molecule has 1 saturated heterocycles. The number of amides is 1. The van der Waals surface area contributed by atoms with Crippen molar-refractivity contribution < 1.29 is 4.79 Å². The third-order valence-electron chi connectivity index (χ3n) is 3.35. The lowest BCUT2D eigenvalue weighted by Gasteiger charge is -2.05. The van der Waals surface area contributed by atoms with Crippen molar-refractivity contribution in [2.45, 2.75) is 13.8 Å². The number of hydrogen-bond donors (Lipinski definition) is 0. The smallest absolute Gasteiger partial charge is 0.266 e. The summed E-state index contributed by atoms with van der Waals surface area (Å²) >= 11 is 2.86. The van der Waals surface area contributed by atoms with Crippen molar-refractivity contribution in [1.82, 2.24) is 9.88 Å². The van der Waals surface area contributed by atoms with E-state index in [4.69, 9.17) is 0 Å². The molecule has 1 aromatic carbocycles. The second-order valence-corrected chi connectivity index (χ2v) is 7.29. The summed E-state index contributed by atoms with van der Waals surface area (Å²) in [5.74, 6) is -0.0344. The molecule has 1 amide bonds. The van der Waals surface area contributed by atoms with Crippen LogP contribution in [-0.4, -0.2) is 28.0 Å². The SMILES string of the molecule is CC(/C=C1\S/C(=N/c2nc(C)cs2)N(C)C1=O)=C\c1ccccc1. The van der Waals surface area contributed by atoms with E-state index in [1.807, 2.05) is 55.6 Å². The molecule has 2 heterocycles. The van der Waals surface area contributed by atoms with Gasteiger partial charge in [0.2, 0.25) is 5.13 Å². The van der Waals surface area contributed by atoms with Crippen molar-refractivity contribution in [1.29, 1.82) is 0 Å². The van der Waals surface area contributed by atoms with Gasteiger partial charge in [0.05, 0.1) is 10.6 Å². The van der Waals surface area contributed by atoms with E-state index in [1.165, 1.54) is 23.1 Å². The van der Waals surface area contributed by atoms with Gasteiger partial charge in [0, 0.05) is 12.4 Å². The first-order valence-electron chi connectivity index (χ1n) is 7.45. The Labute approximate surface area is 149 Å². The van der Waals surface area contributed by atoms with Crippen LogP contribution in [0.1, 0.15) is 18.2 Å². The Kier molecular flexibility index (Phi) is 4.97. The number of aliphatic imine (C=N–C) groups is 1. The van der Waals surface area contributed by atoms with Crippen LogP contribution in [0, 0.1) is 6.92 Å². The largest absolute Gasteiger partial charge is 0.289 e. The number of allylic oxidation sites excluding steroid dienone is 2. The fraction of sp³-hybridized carbons (Fsp3) is 0.167. The van der Waals surface area contributed by atoms with Gasteiger partial charge in [-0.2, -0.15) is 4.99 Å². The number of rotatable bonds is 3. The zero-order valence-electron chi connectivity index (χ0n) is 13.7. The zero-order chi connectivity index (χ0) is 17.1. The van der Waals surface area contributed by atoms with Crippen LogP contribution in [0.25, 0.3) is 6.08 Å². The number of likely N-dealkylation sites (N-methyl/N-ethyl adjacent to an activating group) is 1. The Balaban J connectivity index is 1.83. The van der Waals surface area contributed by atoms with Crippen LogP contribution in [0.4, 0.5) is 5.13 Å². The Bertz CT molecular complexity index is 850. The highest BCUT2D eigenvalue weighted by molar-refractivity contribution is 8.18. The number of thiazole rings is 1. The molecule has 0 atom stereocenters. The molecule has 1 aromatic heterocycles. The number of aryl methyl sites for hydroxylation is 1. The monoisotopic (exact) mass is 355 g/mol. The number of carbonyl (C=O) groups excluding carboxylic acids is 1. The van der Waals surface area contributed by atoms with Gasteiger partial charge in [0.1, 0.15) is 0 Å². The summed E-state index contributed by atoms with van der Waals surface area (Å²) in [6.07, 6.45) is 3.96. The van der Waals surface area contributed by atoms with Crippen molar-refractivity contribution in [3.8, 4) is 0 Å². The van der Waals surface area contributed by atoms with E-state index in [-0.39, 0.29) is 5.91 Å². The van der Waals surface area contributed by atoms with Gasteiger partial charge in [-0.15, -0.1) is 11.3 Å². The fourth-order valence-electron chi connectivity index (χ4n) is 2.19. The molecule has 2 aromatic rings. The molecule has 0 N–H and O–H groups in total. The topological polar surface area (TPSA) is 45.6 Å². The molecule has 3 rings (SSSR count).